The van der Waals surface area contributed by atoms with Crippen molar-refractivity contribution in [3.8, 4) is 0 Å². The van der Waals surface area contributed by atoms with E-state index in [0.717, 1.165) is 0 Å². The molecule has 0 radical (unpaired) electrons. The van der Waals surface area contributed by atoms with Gasteiger partial charge in [-0.15, -0.1) is 0 Å². The van der Waals surface area contributed by atoms with E-state index in [2.05, 4.69) is 4.74 Å². The molecule has 0 fully saturated rings. The van der Waals surface area contributed by atoms with E-state index >= 15 is 0 Å². The molecular weight excluding hydrogens is 220 g/mol. The molecule has 1 N–H and O–H groups in total. The number of carboxylic acid groups (broad SMARTS) is 1. The van der Waals surface area contributed by atoms with Crippen molar-refractivity contribution >= 4 is 22.7 Å². The van der Waals surface area contributed by atoms with Crippen LogP contribution in [0.25, 0.3) is 10.8 Å². The van der Waals surface area contributed by atoms with Gasteiger partial charge in [0.1, 0.15) is 0 Å². The van der Waals surface area contributed by atoms with E-state index in [9.17, 15) is 9.59 Å². The van der Waals surface area contributed by atoms with Gasteiger partial charge in [-0.3, -0.25) is 0 Å². The quantitative estimate of drug-likeness (QED) is 0.804. The Morgan fingerprint density at radius 3 is 2.18 bits per heavy atom. The molecule has 0 spiro atoms. The molecule has 0 aliphatic heterocycles. The van der Waals surface area contributed by atoms with Crippen molar-refractivity contribution in [2.45, 2.75) is 0 Å². The Morgan fingerprint density at radius 2 is 1.65 bits per heavy atom. The molecule has 2 rings (SSSR count). The molecule has 4 heteroatoms. The highest BCUT2D eigenvalue weighted by Crippen LogP contribution is 2.23. The average Bonchev–Trinajstić information content (AvgIpc) is 2.36. The number of methoxy groups -OCH3 is 1. The Morgan fingerprint density at radius 1 is 1.06 bits per heavy atom. The van der Waals surface area contributed by atoms with Gasteiger partial charge in [0.25, 0.3) is 0 Å². The highest BCUT2D eigenvalue weighted by Gasteiger charge is 2.16. The number of carbonyl (C=O) groups excluding carboxylic acids is 1. The van der Waals surface area contributed by atoms with Crippen LogP contribution in [0.5, 0.6) is 0 Å². The number of carbonyl (C=O) groups is 2. The van der Waals surface area contributed by atoms with Crippen LogP contribution in [0.15, 0.2) is 36.4 Å². The number of esters is 1. The van der Waals surface area contributed by atoms with Crippen LogP contribution < -0.4 is 0 Å². The van der Waals surface area contributed by atoms with Crippen molar-refractivity contribution in [2.75, 3.05) is 7.11 Å². The molecule has 0 saturated carbocycles. The lowest BCUT2D eigenvalue weighted by Crippen LogP contribution is -2.06. The SMILES string of the molecule is COC(=O)c1cccc2cccc(C(=O)O)c12. The van der Waals surface area contributed by atoms with Crippen LogP contribution in [0.1, 0.15) is 20.7 Å². The maximum atomic E-state index is 11.6. The molecule has 0 saturated heterocycles. The van der Waals surface area contributed by atoms with E-state index in [-0.39, 0.29) is 11.1 Å². The molecule has 2 aromatic rings. The second kappa shape index (κ2) is 4.25. The summed E-state index contributed by atoms with van der Waals surface area (Å²) in [5.74, 6) is -1.60. The van der Waals surface area contributed by atoms with Gasteiger partial charge in [-0.25, -0.2) is 9.59 Å². The average molecular weight is 230 g/mol. The summed E-state index contributed by atoms with van der Waals surface area (Å²) in [5.41, 5.74) is 0.367. The molecule has 0 atom stereocenters. The summed E-state index contributed by atoms with van der Waals surface area (Å²) in [6.07, 6.45) is 0. The predicted molar refractivity (Wildman–Crippen MR) is 62.2 cm³/mol. The topological polar surface area (TPSA) is 63.6 Å². The third kappa shape index (κ3) is 1.85. The Bertz CT molecular complexity index is 596. The fourth-order valence-corrected chi connectivity index (χ4v) is 1.80. The first-order valence-electron chi connectivity index (χ1n) is 4.98. The fraction of sp³-hybridized carbons (Fsp3) is 0.0769. The van der Waals surface area contributed by atoms with E-state index in [4.69, 9.17) is 5.11 Å². The molecule has 0 aromatic heterocycles. The van der Waals surface area contributed by atoms with Gasteiger partial charge in [-0.1, -0.05) is 24.3 Å². The van der Waals surface area contributed by atoms with Gasteiger partial charge in [-0.2, -0.15) is 0 Å². The van der Waals surface area contributed by atoms with E-state index in [1.54, 1.807) is 30.3 Å². The normalized spacial score (nSPS) is 10.2. The molecular formula is C13H10O4. The standard InChI is InChI=1S/C13H10O4/c1-17-13(16)10-7-3-5-8-4-2-6-9(11(8)10)12(14)15/h2-7H,1H3,(H,14,15). The summed E-state index contributed by atoms with van der Waals surface area (Å²) in [5, 5.41) is 10.2. The number of fused-ring (bicyclic) bond motifs is 1. The summed E-state index contributed by atoms with van der Waals surface area (Å²) in [6.45, 7) is 0. The fourth-order valence-electron chi connectivity index (χ4n) is 1.80. The lowest BCUT2D eigenvalue weighted by molar-refractivity contribution is 0.0603. The van der Waals surface area contributed by atoms with Crippen LogP contribution in [0, 0.1) is 0 Å². The van der Waals surface area contributed by atoms with Crippen molar-refractivity contribution in [2.24, 2.45) is 0 Å². The first kappa shape index (κ1) is 11.1. The third-order valence-electron chi connectivity index (χ3n) is 2.54. The molecule has 0 bridgehead atoms. The second-order valence-electron chi connectivity index (χ2n) is 3.51. The van der Waals surface area contributed by atoms with Gasteiger partial charge in [0.2, 0.25) is 0 Å². The molecule has 2 aromatic carbocycles. The zero-order chi connectivity index (χ0) is 12.4. The first-order chi connectivity index (χ1) is 8.15. The van der Waals surface area contributed by atoms with E-state index < -0.39 is 11.9 Å². The number of rotatable bonds is 2. The van der Waals surface area contributed by atoms with Crippen LogP contribution in [-0.2, 0) is 4.74 Å². The summed E-state index contributed by atoms with van der Waals surface area (Å²) in [4.78, 5) is 22.7. The maximum Gasteiger partial charge on any atom is 0.338 e. The molecule has 0 heterocycles. The summed E-state index contributed by atoms with van der Waals surface area (Å²) >= 11 is 0. The maximum absolute atomic E-state index is 11.6. The second-order valence-corrected chi connectivity index (χ2v) is 3.51. The van der Waals surface area contributed by atoms with Gasteiger partial charge in [0.05, 0.1) is 18.2 Å². The van der Waals surface area contributed by atoms with Gasteiger partial charge in [0, 0.05) is 5.39 Å². The zero-order valence-electron chi connectivity index (χ0n) is 9.14. The van der Waals surface area contributed by atoms with Crippen molar-refractivity contribution in [1.82, 2.24) is 0 Å². The highest BCUT2D eigenvalue weighted by atomic mass is 16.5. The number of hydrogen-bond acceptors (Lipinski definition) is 3. The first-order valence-corrected chi connectivity index (χ1v) is 4.98. The Hall–Kier alpha value is -2.36. The molecule has 17 heavy (non-hydrogen) atoms. The summed E-state index contributed by atoms with van der Waals surface area (Å²) < 4.78 is 4.65. The minimum atomic E-state index is -1.06. The van der Waals surface area contributed by atoms with Crippen molar-refractivity contribution in [1.29, 1.82) is 0 Å². The molecule has 86 valence electrons. The van der Waals surface area contributed by atoms with Gasteiger partial charge < -0.3 is 9.84 Å². The Balaban J connectivity index is 2.85. The molecule has 0 aliphatic carbocycles. The van der Waals surface area contributed by atoms with Crippen molar-refractivity contribution in [3.05, 3.63) is 47.5 Å². The monoisotopic (exact) mass is 230 g/mol. The van der Waals surface area contributed by atoms with Gasteiger partial charge in [-0.05, 0) is 17.5 Å². The highest BCUT2D eigenvalue weighted by molar-refractivity contribution is 6.12. The lowest BCUT2D eigenvalue weighted by Gasteiger charge is -2.07. The Kier molecular flexibility index (Phi) is 2.78. The van der Waals surface area contributed by atoms with Crippen LogP contribution in [-0.4, -0.2) is 24.2 Å². The lowest BCUT2D eigenvalue weighted by atomic mass is 9.99. The number of hydrogen-bond donors (Lipinski definition) is 1. The molecule has 4 nitrogen and oxygen atoms in total. The minimum absolute atomic E-state index is 0.100. The third-order valence-corrected chi connectivity index (χ3v) is 2.54. The van der Waals surface area contributed by atoms with E-state index in [1.807, 2.05) is 0 Å². The number of carboxylic acids is 1. The Labute approximate surface area is 97.4 Å². The van der Waals surface area contributed by atoms with Gasteiger partial charge >= 0.3 is 11.9 Å². The smallest absolute Gasteiger partial charge is 0.338 e. The predicted octanol–water partition coefficient (Wildman–Crippen LogP) is 2.32. The molecule has 0 amide bonds. The van der Waals surface area contributed by atoms with Gasteiger partial charge in [0.15, 0.2) is 0 Å². The minimum Gasteiger partial charge on any atom is -0.478 e. The summed E-state index contributed by atoms with van der Waals surface area (Å²) in [6, 6.07) is 9.88. The summed E-state index contributed by atoms with van der Waals surface area (Å²) in [7, 11) is 1.27. The number of aromatic carboxylic acids is 1. The van der Waals surface area contributed by atoms with Crippen LogP contribution in [0.3, 0.4) is 0 Å². The number of ether oxygens (including phenoxy) is 1. The molecule has 0 aliphatic rings. The van der Waals surface area contributed by atoms with Crippen LogP contribution in [0.2, 0.25) is 0 Å². The van der Waals surface area contributed by atoms with Crippen LogP contribution in [0.4, 0.5) is 0 Å². The van der Waals surface area contributed by atoms with E-state index in [0.29, 0.717) is 10.8 Å². The largest absolute Gasteiger partial charge is 0.478 e. The van der Waals surface area contributed by atoms with Crippen LogP contribution >= 0.6 is 0 Å². The molecule has 0 unspecified atom stereocenters. The van der Waals surface area contributed by atoms with E-state index in [1.165, 1.54) is 13.2 Å². The zero-order valence-corrected chi connectivity index (χ0v) is 9.14. The number of benzene rings is 2. The van der Waals surface area contributed by atoms with Crippen molar-refractivity contribution < 1.29 is 19.4 Å². The van der Waals surface area contributed by atoms with Crippen molar-refractivity contribution in [3.63, 3.8) is 0 Å².